The van der Waals surface area contributed by atoms with E-state index in [1.165, 1.54) is 25.7 Å². The Balaban J connectivity index is 2.21. The number of allylic oxidation sites excluding steroid dienone is 1. The van der Waals surface area contributed by atoms with Gasteiger partial charge in [0.2, 0.25) is 0 Å². The van der Waals surface area contributed by atoms with E-state index in [2.05, 4.69) is 12.2 Å². The van der Waals surface area contributed by atoms with Crippen LogP contribution in [0.25, 0.3) is 0 Å². The van der Waals surface area contributed by atoms with Crippen LogP contribution in [-0.4, -0.2) is 23.3 Å². The van der Waals surface area contributed by atoms with Gasteiger partial charge in [-0.15, -0.1) is 0 Å². The average molecular weight is 253 g/mol. The number of hydrogen-bond donors (Lipinski definition) is 2. The van der Waals surface area contributed by atoms with Gasteiger partial charge in [0.1, 0.15) is 11.3 Å². The van der Waals surface area contributed by atoms with E-state index in [4.69, 9.17) is 0 Å². The number of aliphatic hydroxyl groups excluding tert-OH is 1. The fraction of sp³-hybridized carbons (Fsp3) is 0.714. The molecule has 0 aromatic carbocycles. The standard InChI is InChI=1S/C14H23NO3/c1-2-3-4-5-6-7-8-9-11(16)13-12(17)10-15-14(13)18/h16H,2-10H2,1H3,(H,15,18)/b13-11-. The van der Waals surface area contributed by atoms with Crippen LogP contribution in [0.3, 0.4) is 0 Å². The van der Waals surface area contributed by atoms with Crippen molar-refractivity contribution in [3.05, 3.63) is 11.3 Å². The molecule has 1 fully saturated rings. The molecular formula is C14H23NO3. The van der Waals surface area contributed by atoms with Crippen molar-refractivity contribution in [3.8, 4) is 0 Å². The maximum absolute atomic E-state index is 11.3. The van der Waals surface area contributed by atoms with Gasteiger partial charge in [0.05, 0.1) is 6.54 Å². The summed E-state index contributed by atoms with van der Waals surface area (Å²) in [5.41, 5.74) is -0.0269. The first-order valence-electron chi connectivity index (χ1n) is 6.90. The molecule has 0 bridgehead atoms. The number of rotatable bonds is 8. The second-order valence-corrected chi connectivity index (χ2v) is 4.80. The molecule has 1 aliphatic rings. The van der Waals surface area contributed by atoms with Crippen LogP contribution >= 0.6 is 0 Å². The molecule has 0 spiro atoms. The van der Waals surface area contributed by atoms with Crippen molar-refractivity contribution in [2.75, 3.05) is 6.54 Å². The van der Waals surface area contributed by atoms with Crippen LogP contribution < -0.4 is 5.32 Å². The van der Waals surface area contributed by atoms with E-state index in [0.29, 0.717) is 6.42 Å². The lowest BCUT2D eigenvalue weighted by molar-refractivity contribution is -0.117. The maximum atomic E-state index is 11.3. The highest BCUT2D eigenvalue weighted by molar-refractivity contribution is 6.25. The molecule has 0 saturated carbocycles. The van der Waals surface area contributed by atoms with Gasteiger partial charge < -0.3 is 10.4 Å². The second-order valence-electron chi connectivity index (χ2n) is 4.80. The molecule has 2 N–H and O–H groups in total. The van der Waals surface area contributed by atoms with Gasteiger partial charge in [0.25, 0.3) is 5.91 Å². The molecule has 4 heteroatoms. The third-order valence-corrected chi connectivity index (χ3v) is 3.22. The summed E-state index contributed by atoms with van der Waals surface area (Å²) in [5, 5.41) is 12.1. The van der Waals surface area contributed by atoms with Crippen molar-refractivity contribution in [1.29, 1.82) is 0 Å². The summed E-state index contributed by atoms with van der Waals surface area (Å²) >= 11 is 0. The fourth-order valence-corrected chi connectivity index (χ4v) is 2.13. The predicted molar refractivity (Wildman–Crippen MR) is 70.3 cm³/mol. The van der Waals surface area contributed by atoms with Gasteiger partial charge in [0.15, 0.2) is 5.78 Å². The van der Waals surface area contributed by atoms with E-state index >= 15 is 0 Å². The Kier molecular flexibility index (Phi) is 6.47. The van der Waals surface area contributed by atoms with Gasteiger partial charge >= 0.3 is 0 Å². The summed E-state index contributed by atoms with van der Waals surface area (Å²) in [4.78, 5) is 22.6. The minimum atomic E-state index is -0.430. The molecule has 102 valence electrons. The highest BCUT2D eigenvalue weighted by atomic mass is 16.3. The van der Waals surface area contributed by atoms with Crippen LogP contribution in [-0.2, 0) is 9.59 Å². The predicted octanol–water partition coefficient (Wildman–Crippen LogP) is 2.64. The molecule has 4 nitrogen and oxygen atoms in total. The van der Waals surface area contributed by atoms with Gasteiger partial charge in [0, 0.05) is 6.42 Å². The number of Topliss-reactive ketones (excluding diaryl/α,β-unsaturated/α-hetero) is 1. The highest BCUT2D eigenvalue weighted by Gasteiger charge is 2.28. The number of carbonyl (C=O) groups excluding carboxylic acids is 2. The SMILES string of the molecule is CCCCCCCCC/C(O)=C1\C(=O)CNC1=O. The Hall–Kier alpha value is -1.32. The zero-order valence-electron chi connectivity index (χ0n) is 11.1. The third-order valence-electron chi connectivity index (χ3n) is 3.22. The first-order chi connectivity index (χ1) is 8.66. The molecule has 0 atom stereocenters. The zero-order valence-corrected chi connectivity index (χ0v) is 11.1. The van der Waals surface area contributed by atoms with Gasteiger partial charge in [-0.2, -0.15) is 0 Å². The van der Waals surface area contributed by atoms with Gasteiger partial charge in [-0.05, 0) is 6.42 Å². The van der Waals surface area contributed by atoms with Crippen LogP contribution in [0.5, 0.6) is 0 Å². The molecule has 18 heavy (non-hydrogen) atoms. The summed E-state index contributed by atoms with van der Waals surface area (Å²) in [6, 6.07) is 0. The topological polar surface area (TPSA) is 66.4 Å². The number of ketones is 1. The fourth-order valence-electron chi connectivity index (χ4n) is 2.13. The Bertz CT molecular complexity index is 316. The van der Waals surface area contributed by atoms with E-state index in [1.54, 1.807) is 0 Å². The molecule has 1 saturated heterocycles. The average Bonchev–Trinajstić information content (AvgIpc) is 2.68. The molecule has 0 unspecified atom stereocenters. The number of carbonyl (C=O) groups is 2. The molecule has 1 amide bonds. The second kappa shape index (κ2) is 7.90. The van der Waals surface area contributed by atoms with E-state index in [9.17, 15) is 14.7 Å². The maximum Gasteiger partial charge on any atom is 0.258 e. The Morgan fingerprint density at radius 2 is 1.72 bits per heavy atom. The lowest BCUT2D eigenvalue weighted by Crippen LogP contribution is -2.15. The summed E-state index contributed by atoms with van der Waals surface area (Å²) in [7, 11) is 0. The number of unbranched alkanes of at least 4 members (excludes halogenated alkanes) is 6. The smallest absolute Gasteiger partial charge is 0.258 e. The normalized spacial score (nSPS) is 18.1. The quantitative estimate of drug-likeness (QED) is 0.302. The van der Waals surface area contributed by atoms with Crippen molar-refractivity contribution in [2.24, 2.45) is 0 Å². The van der Waals surface area contributed by atoms with Crippen LogP contribution in [0.2, 0.25) is 0 Å². The van der Waals surface area contributed by atoms with E-state index in [-0.39, 0.29) is 23.7 Å². The molecule has 0 aromatic heterocycles. The molecular weight excluding hydrogens is 230 g/mol. The molecule has 1 rings (SSSR count). The number of nitrogens with one attached hydrogen (secondary N) is 1. The minimum absolute atomic E-state index is 0.0231. The van der Waals surface area contributed by atoms with Crippen LogP contribution in [0.4, 0.5) is 0 Å². The summed E-state index contributed by atoms with van der Waals surface area (Å²) in [6.07, 6.45) is 8.48. The first-order valence-corrected chi connectivity index (χ1v) is 6.90. The number of aliphatic hydroxyl groups is 1. The molecule has 0 radical (unpaired) electrons. The van der Waals surface area contributed by atoms with Gasteiger partial charge in [-0.25, -0.2) is 0 Å². The molecule has 1 aliphatic heterocycles. The van der Waals surface area contributed by atoms with Crippen molar-refractivity contribution < 1.29 is 14.7 Å². The van der Waals surface area contributed by atoms with Crippen molar-refractivity contribution >= 4 is 11.7 Å². The Labute approximate surface area is 108 Å². The van der Waals surface area contributed by atoms with Crippen molar-refractivity contribution in [3.63, 3.8) is 0 Å². The largest absolute Gasteiger partial charge is 0.511 e. The van der Waals surface area contributed by atoms with Crippen molar-refractivity contribution in [1.82, 2.24) is 5.32 Å². The van der Waals surface area contributed by atoms with Gasteiger partial charge in [-0.3, -0.25) is 9.59 Å². The summed E-state index contributed by atoms with van der Waals surface area (Å²) in [6.45, 7) is 2.21. The summed E-state index contributed by atoms with van der Waals surface area (Å²) < 4.78 is 0. The zero-order chi connectivity index (χ0) is 13.4. The monoisotopic (exact) mass is 253 g/mol. The lowest BCUT2D eigenvalue weighted by Gasteiger charge is -2.03. The van der Waals surface area contributed by atoms with Crippen molar-refractivity contribution in [2.45, 2.75) is 58.3 Å². The van der Waals surface area contributed by atoms with Crippen LogP contribution in [0.15, 0.2) is 11.3 Å². The number of hydrogen-bond acceptors (Lipinski definition) is 3. The highest BCUT2D eigenvalue weighted by Crippen LogP contribution is 2.16. The van der Waals surface area contributed by atoms with E-state index in [0.717, 1.165) is 19.3 Å². The van der Waals surface area contributed by atoms with Gasteiger partial charge in [-0.1, -0.05) is 45.4 Å². The third kappa shape index (κ3) is 4.51. The Morgan fingerprint density at radius 1 is 1.11 bits per heavy atom. The van der Waals surface area contributed by atoms with Crippen LogP contribution in [0.1, 0.15) is 58.3 Å². The molecule has 0 aliphatic carbocycles. The lowest BCUT2D eigenvalue weighted by atomic mass is 10.1. The summed E-state index contributed by atoms with van der Waals surface area (Å²) in [5.74, 6) is -0.760. The molecule has 0 aromatic rings. The van der Waals surface area contributed by atoms with Crippen LogP contribution in [0, 0.1) is 0 Å². The van der Waals surface area contributed by atoms with E-state index < -0.39 is 5.91 Å². The Morgan fingerprint density at radius 3 is 2.28 bits per heavy atom. The minimum Gasteiger partial charge on any atom is -0.511 e. The number of amides is 1. The van der Waals surface area contributed by atoms with E-state index in [1.807, 2.05) is 0 Å². The first kappa shape index (κ1) is 14.7. The molecule has 1 heterocycles.